The fraction of sp³-hybridized carbons (Fsp3) is 0.455. The van der Waals surface area contributed by atoms with Crippen LogP contribution in [0.1, 0.15) is 18.9 Å². The number of nitrogens with zero attached hydrogens (tertiary/aromatic N) is 2. The minimum absolute atomic E-state index is 0.177. The van der Waals surface area contributed by atoms with Gasteiger partial charge in [-0.25, -0.2) is 4.39 Å². The fourth-order valence-electron chi connectivity index (χ4n) is 3.46. The topological polar surface area (TPSA) is 35.9 Å². The molecule has 0 amide bonds. The van der Waals surface area contributed by atoms with Crippen LogP contribution in [-0.2, 0) is 6.42 Å². The third-order valence-electron chi connectivity index (χ3n) is 4.94. The van der Waals surface area contributed by atoms with E-state index in [0.717, 1.165) is 44.8 Å². The molecule has 146 valence electrons. The lowest BCUT2D eigenvalue weighted by atomic mass is 10.1. The summed E-state index contributed by atoms with van der Waals surface area (Å²) in [5, 5.41) is 10.3. The van der Waals surface area contributed by atoms with Crippen molar-refractivity contribution in [3.8, 4) is 5.75 Å². The Hall–Kier alpha value is -2.11. The minimum atomic E-state index is -0.541. The molecule has 5 heteroatoms. The zero-order valence-electron chi connectivity index (χ0n) is 16.0. The number of anilines is 1. The third-order valence-corrected chi connectivity index (χ3v) is 4.94. The molecule has 27 heavy (non-hydrogen) atoms. The number of benzene rings is 2. The summed E-state index contributed by atoms with van der Waals surface area (Å²) in [5.41, 5.74) is 1.96. The molecule has 3 rings (SSSR count). The molecule has 2 aromatic carbocycles. The van der Waals surface area contributed by atoms with Gasteiger partial charge in [0.25, 0.3) is 0 Å². The van der Waals surface area contributed by atoms with Crippen LogP contribution in [0.2, 0.25) is 0 Å². The van der Waals surface area contributed by atoms with Crippen molar-refractivity contribution >= 4 is 5.69 Å². The number of para-hydroxylation sites is 1. The number of β-amino-alcohol motifs (C(OH)–C–C–N with tert-alkyl or cyclic N) is 1. The average molecular weight is 372 g/mol. The molecule has 1 aliphatic rings. The van der Waals surface area contributed by atoms with Crippen molar-refractivity contribution < 1.29 is 14.2 Å². The van der Waals surface area contributed by atoms with Gasteiger partial charge in [-0.1, -0.05) is 37.6 Å². The number of hydrogen-bond donors (Lipinski definition) is 1. The van der Waals surface area contributed by atoms with Crippen LogP contribution in [0.15, 0.2) is 48.5 Å². The van der Waals surface area contributed by atoms with Gasteiger partial charge in [0.15, 0.2) is 0 Å². The molecule has 1 heterocycles. The molecule has 0 saturated carbocycles. The molecule has 0 spiro atoms. The largest absolute Gasteiger partial charge is 0.491 e. The summed E-state index contributed by atoms with van der Waals surface area (Å²) in [6.45, 7) is 6.13. The first-order valence-corrected chi connectivity index (χ1v) is 9.77. The third kappa shape index (κ3) is 5.68. The molecule has 0 aliphatic carbocycles. The lowest BCUT2D eigenvalue weighted by Crippen LogP contribution is -2.49. The first kappa shape index (κ1) is 19.6. The number of piperazine rings is 1. The molecule has 1 fully saturated rings. The Morgan fingerprint density at radius 3 is 2.41 bits per heavy atom. The maximum Gasteiger partial charge on any atom is 0.146 e. The highest BCUT2D eigenvalue weighted by atomic mass is 19.1. The summed E-state index contributed by atoms with van der Waals surface area (Å²) in [6.07, 6.45) is 1.66. The van der Waals surface area contributed by atoms with Crippen LogP contribution >= 0.6 is 0 Å². The highest BCUT2D eigenvalue weighted by Crippen LogP contribution is 2.20. The van der Waals surface area contributed by atoms with Crippen LogP contribution < -0.4 is 9.64 Å². The maximum atomic E-state index is 13.9. The summed E-state index contributed by atoms with van der Waals surface area (Å²) in [4.78, 5) is 4.27. The van der Waals surface area contributed by atoms with E-state index < -0.39 is 6.10 Å². The molecule has 0 bridgehead atoms. The Kier molecular flexibility index (Phi) is 7.07. The van der Waals surface area contributed by atoms with Gasteiger partial charge in [0.1, 0.15) is 24.3 Å². The van der Waals surface area contributed by atoms with Crippen molar-refractivity contribution in [1.29, 1.82) is 0 Å². The van der Waals surface area contributed by atoms with Gasteiger partial charge in [0, 0.05) is 32.7 Å². The smallest absolute Gasteiger partial charge is 0.146 e. The van der Waals surface area contributed by atoms with Crippen molar-refractivity contribution in [2.75, 3.05) is 44.2 Å². The Morgan fingerprint density at radius 1 is 1.04 bits per heavy atom. The molecule has 4 nitrogen and oxygen atoms in total. The maximum absolute atomic E-state index is 13.9. The second-order valence-electron chi connectivity index (χ2n) is 7.10. The Balaban J connectivity index is 1.40. The van der Waals surface area contributed by atoms with E-state index in [1.165, 1.54) is 11.6 Å². The summed E-state index contributed by atoms with van der Waals surface area (Å²) in [5.74, 6) is 0.614. The lowest BCUT2D eigenvalue weighted by Gasteiger charge is -2.36. The Morgan fingerprint density at radius 2 is 1.74 bits per heavy atom. The van der Waals surface area contributed by atoms with Crippen molar-refractivity contribution in [2.45, 2.75) is 25.9 Å². The Labute approximate surface area is 161 Å². The molecule has 0 aromatic heterocycles. The van der Waals surface area contributed by atoms with Gasteiger partial charge in [-0.2, -0.15) is 0 Å². The lowest BCUT2D eigenvalue weighted by molar-refractivity contribution is 0.0662. The molecular weight excluding hydrogens is 343 g/mol. The number of halogens is 1. The minimum Gasteiger partial charge on any atom is -0.491 e. The van der Waals surface area contributed by atoms with Crippen molar-refractivity contribution in [2.24, 2.45) is 0 Å². The van der Waals surface area contributed by atoms with Gasteiger partial charge in [-0.3, -0.25) is 4.90 Å². The average Bonchev–Trinajstić information content (AvgIpc) is 2.69. The number of rotatable bonds is 8. The van der Waals surface area contributed by atoms with E-state index in [4.69, 9.17) is 4.74 Å². The number of ether oxygens (including phenoxy) is 1. The van der Waals surface area contributed by atoms with Crippen LogP contribution in [0.25, 0.3) is 0 Å². The zero-order chi connectivity index (χ0) is 19.1. The van der Waals surface area contributed by atoms with Crippen molar-refractivity contribution in [1.82, 2.24) is 4.90 Å². The SMILES string of the molecule is CCCc1ccc(OCC(O)CN2CCN(c3ccccc3F)CC2)cc1. The summed E-state index contributed by atoms with van der Waals surface area (Å²) in [6, 6.07) is 15.0. The van der Waals surface area contributed by atoms with E-state index >= 15 is 0 Å². The van der Waals surface area contributed by atoms with E-state index in [1.807, 2.05) is 24.3 Å². The van der Waals surface area contributed by atoms with Gasteiger partial charge in [-0.05, 0) is 36.2 Å². The predicted molar refractivity (Wildman–Crippen MR) is 107 cm³/mol. The second-order valence-corrected chi connectivity index (χ2v) is 7.10. The van der Waals surface area contributed by atoms with E-state index in [2.05, 4.69) is 28.9 Å². The summed E-state index contributed by atoms with van der Waals surface area (Å²) < 4.78 is 19.6. The molecule has 0 radical (unpaired) electrons. The molecular formula is C22H29FN2O2. The first-order valence-electron chi connectivity index (χ1n) is 9.77. The van der Waals surface area contributed by atoms with Crippen molar-refractivity contribution in [3.63, 3.8) is 0 Å². The van der Waals surface area contributed by atoms with E-state index in [0.29, 0.717) is 12.2 Å². The number of aliphatic hydroxyl groups excluding tert-OH is 1. The molecule has 1 N–H and O–H groups in total. The quantitative estimate of drug-likeness (QED) is 0.771. The Bertz CT molecular complexity index is 700. The van der Waals surface area contributed by atoms with E-state index in [1.54, 1.807) is 6.07 Å². The van der Waals surface area contributed by atoms with Crippen molar-refractivity contribution in [3.05, 3.63) is 59.9 Å². The molecule has 1 unspecified atom stereocenters. The molecule has 1 saturated heterocycles. The fourth-order valence-corrected chi connectivity index (χ4v) is 3.46. The molecule has 2 aromatic rings. The van der Waals surface area contributed by atoms with Crippen LogP contribution in [0.3, 0.4) is 0 Å². The second kappa shape index (κ2) is 9.72. The highest BCUT2D eigenvalue weighted by molar-refractivity contribution is 5.48. The summed E-state index contributed by atoms with van der Waals surface area (Å²) in [7, 11) is 0. The summed E-state index contributed by atoms with van der Waals surface area (Å²) >= 11 is 0. The van der Waals surface area contributed by atoms with Gasteiger partial charge >= 0.3 is 0 Å². The predicted octanol–water partition coefficient (Wildman–Crippen LogP) is 3.34. The number of aryl methyl sites for hydroxylation is 1. The molecule has 1 atom stereocenters. The zero-order valence-corrected chi connectivity index (χ0v) is 16.0. The number of aliphatic hydroxyl groups is 1. The van der Waals surface area contributed by atoms with Crippen LogP contribution in [0, 0.1) is 5.82 Å². The van der Waals surface area contributed by atoms with Crippen LogP contribution in [0.4, 0.5) is 10.1 Å². The first-order chi connectivity index (χ1) is 13.2. The van der Waals surface area contributed by atoms with Gasteiger partial charge < -0.3 is 14.7 Å². The van der Waals surface area contributed by atoms with Gasteiger partial charge in [-0.15, -0.1) is 0 Å². The molecule has 1 aliphatic heterocycles. The van der Waals surface area contributed by atoms with E-state index in [-0.39, 0.29) is 12.4 Å². The standard InChI is InChI=1S/C22H29FN2O2/c1-2-5-18-8-10-20(11-9-18)27-17-19(26)16-24-12-14-25(15-13-24)22-7-4-3-6-21(22)23/h3-4,6-11,19,26H,2,5,12-17H2,1H3. The highest BCUT2D eigenvalue weighted by Gasteiger charge is 2.21. The van der Waals surface area contributed by atoms with Gasteiger partial charge in [0.2, 0.25) is 0 Å². The monoisotopic (exact) mass is 372 g/mol. The van der Waals surface area contributed by atoms with E-state index in [9.17, 15) is 9.50 Å². The number of hydrogen-bond acceptors (Lipinski definition) is 4. The normalized spacial score (nSPS) is 16.3. The van der Waals surface area contributed by atoms with Gasteiger partial charge in [0.05, 0.1) is 5.69 Å². The van der Waals surface area contributed by atoms with Crippen LogP contribution in [0.5, 0.6) is 5.75 Å². The van der Waals surface area contributed by atoms with Crippen LogP contribution in [-0.4, -0.2) is 55.4 Å².